The zero-order valence-electron chi connectivity index (χ0n) is 22.3. The molecule has 6 aromatic rings. The van der Waals surface area contributed by atoms with E-state index in [1.54, 1.807) is 0 Å². The Bertz CT molecular complexity index is 1770. The summed E-state index contributed by atoms with van der Waals surface area (Å²) in [7, 11) is 0. The first-order chi connectivity index (χ1) is 17.8. The molecule has 5 heteroatoms. The van der Waals surface area contributed by atoms with E-state index in [1.165, 1.54) is 16.5 Å². The number of benzene rings is 3. The lowest BCUT2D eigenvalue weighted by atomic mass is 9.94. The molecule has 186 valence electrons. The molecule has 0 unspecified atom stereocenters. The first-order valence-electron chi connectivity index (χ1n) is 13.1. The van der Waals surface area contributed by atoms with Gasteiger partial charge in [0.05, 0.1) is 16.6 Å². The van der Waals surface area contributed by atoms with E-state index in [4.69, 9.17) is 19.4 Å². The van der Waals surface area contributed by atoms with Gasteiger partial charge in [0.2, 0.25) is 5.89 Å². The van der Waals surface area contributed by atoms with Crippen LogP contribution in [0, 0.1) is 0 Å². The van der Waals surface area contributed by atoms with Crippen molar-refractivity contribution in [3.05, 3.63) is 77.5 Å². The largest absolute Gasteiger partial charge is 0.436 e. The van der Waals surface area contributed by atoms with Gasteiger partial charge in [-0.1, -0.05) is 71.9 Å². The zero-order valence-corrected chi connectivity index (χ0v) is 22.3. The van der Waals surface area contributed by atoms with Crippen LogP contribution in [0.3, 0.4) is 0 Å². The maximum atomic E-state index is 6.32. The Morgan fingerprint density at radius 2 is 1.49 bits per heavy atom. The van der Waals surface area contributed by atoms with E-state index in [0.717, 1.165) is 50.2 Å². The van der Waals surface area contributed by atoms with Crippen molar-refractivity contribution < 1.29 is 4.42 Å². The minimum absolute atomic E-state index is 0.230. The molecular weight excluding hydrogens is 456 g/mol. The maximum absolute atomic E-state index is 6.32. The van der Waals surface area contributed by atoms with Crippen LogP contribution in [-0.4, -0.2) is 19.9 Å². The first kappa shape index (κ1) is 23.4. The fourth-order valence-corrected chi connectivity index (χ4v) is 5.52. The fourth-order valence-electron chi connectivity index (χ4n) is 5.52. The van der Waals surface area contributed by atoms with Crippen molar-refractivity contribution in [1.82, 2.24) is 19.9 Å². The number of hydrogen-bond donors (Lipinski definition) is 1. The molecular formula is C32H32N4O. The van der Waals surface area contributed by atoms with Crippen LogP contribution in [0.2, 0.25) is 0 Å². The van der Waals surface area contributed by atoms with Crippen LogP contribution in [-0.2, 0) is 0 Å². The van der Waals surface area contributed by atoms with Gasteiger partial charge in [0.1, 0.15) is 11.3 Å². The monoisotopic (exact) mass is 488 g/mol. The van der Waals surface area contributed by atoms with Crippen LogP contribution in [0.15, 0.2) is 65.2 Å². The lowest BCUT2D eigenvalue weighted by Gasteiger charge is -2.14. The average molecular weight is 489 g/mol. The molecule has 1 N–H and O–H groups in total. The standard InChI is InChI=1S/C32H32N4O/c1-17(2)20-11-9-13-26-29(20)36-32(37-26)22-14-15-25-30(28(22)19(5)6)35-31(34-25)23-16-33-24-12-8-7-10-21(24)27(23)18(3)4/h7-19H,1-6H3,(H,34,35). The highest BCUT2D eigenvalue weighted by Crippen LogP contribution is 2.39. The van der Waals surface area contributed by atoms with Gasteiger partial charge in [-0.3, -0.25) is 4.98 Å². The third-order valence-corrected chi connectivity index (χ3v) is 7.22. The van der Waals surface area contributed by atoms with Crippen LogP contribution < -0.4 is 0 Å². The second kappa shape index (κ2) is 8.84. The van der Waals surface area contributed by atoms with Crippen molar-refractivity contribution in [2.45, 2.75) is 59.3 Å². The molecule has 3 heterocycles. The van der Waals surface area contributed by atoms with Crippen molar-refractivity contribution in [3.63, 3.8) is 0 Å². The van der Waals surface area contributed by atoms with E-state index in [0.29, 0.717) is 17.7 Å². The number of oxazole rings is 1. The Labute approximate surface area is 217 Å². The van der Waals surface area contributed by atoms with Crippen LogP contribution in [0.25, 0.3) is 55.9 Å². The minimum Gasteiger partial charge on any atom is -0.436 e. The molecule has 0 aliphatic heterocycles. The number of rotatable bonds is 5. The lowest BCUT2D eigenvalue weighted by molar-refractivity contribution is 0.618. The zero-order chi connectivity index (χ0) is 25.8. The first-order valence-corrected chi connectivity index (χ1v) is 13.1. The molecule has 3 aromatic carbocycles. The van der Waals surface area contributed by atoms with Gasteiger partial charge in [-0.15, -0.1) is 0 Å². The molecule has 0 saturated heterocycles. The molecule has 0 atom stereocenters. The van der Waals surface area contributed by atoms with Crippen molar-refractivity contribution in [2.24, 2.45) is 0 Å². The number of nitrogens with zero attached hydrogens (tertiary/aromatic N) is 3. The number of pyridine rings is 1. The Balaban J connectivity index is 1.57. The van der Waals surface area contributed by atoms with Gasteiger partial charge < -0.3 is 9.40 Å². The van der Waals surface area contributed by atoms with Crippen LogP contribution >= 0.6 is 0 Å². The van der Waals surface area contributed by atoms with Crippen LogP contribution in [0.1, 0.15) is 76.0 Å². The van der Waals surface area contributed by atoms with Crippen LogP contribution in [0.5, 0.6) is 0 Å². The summed E-state index contributed by atoms with van der Waals surface area (Å²) in [5.74, 6) is 2.41. The number of aromatic amines is 1. The molecule has 5 nitrogen and oxygen atoms in total. The van der Waals surface area contributed by atoms with E-state index in [1.807, 2.05) is 24.4 Å². The second-order valence-corrected chi connectivity index (χ2v) is 10.8. The Morgan fingerprint density at radius 1 is 0.703 bits per heavy atom. The van der Waals surface area contributed by atoms with E-state index in [9.17, 15) is 0 Å². The van der Waals surface area contributed by atoms with Gasteiger partial charge in [-0.2, -0.15) is 0 Å². The van der Waals surface area contributed by atoms with E-state index >= 15 is 0 Å². The molecule has 0 bridgehead atoms. The summed E-state index contributed by atoms with van der Waals surface area (Å²) < 4.78 is 6.32. The SMILES string of the molecule is CC(C)c1c(-c2nc3c(C(C)C)c(-c4nc5c(C(C)C)cccc5o4)ccc3[nH]2)cnc2ccccc12. The summed E-state index contributed by atoms with van der Waals surface area (Å²) >= 11 is 0. The second-order valence-electron chi connectivity index (χ2n) is 10.8. The van der Waals surface area contributed by atoms with Crippen molar-refractivity contribution in [3.8, 4) is 22.8 Å². The number of hydrogen-bond acceptors (Lipinski definition) is 4. The molecule has 3 aromatic heterocycles. The average Bonchev–Trinajstić information content (AvgIpc) is 3.51. The highest BCUT2D eigenvalue weighted by Gasteiger charge is 2.23. The third-order valence-electron chi connectivity index (χ3n) is 7.22. The van der Waals surface area contributed by atoms with Gasteiger partial charge in [-0.05, 0) is 58.7 Å². The molecule has 0 spiro atoms. The third kappa shape index (κ3) is 3.81. The number of fused-ring (bicyclic) bond motifs is 3. The fraction of sp³-hybridized carbons (Fsp3) is 0.281. The Morgan fingerprint density at radius 3 is 2.24 bits per heavy atom. The summed E-state index contributed by atoms with van der Waals surface area (Å²) in [6.45, 7) is 13.2. The van der Waals surface area contributed by atoms with Gasteiger partial charge in [0, 0.05) is 22.7 Å². The smallest absolute Gasteiger partial charge is 0.227 e. The topological polar surface area (TPSA) is 67.6 Å². The highest BCUT2D eigenvalue weighted by molar-refractivity contribution is 5.92. The molecule has 0 fully saturated rings. The molecule has 0 saturated carbocycles. The van der Waals surface area contributed by atoms with E-state index < -0.39 is 0 Å². The highest BCUT2D eigenvalue weighted by atomic mass is 16.3. The van der Waals surface area contributed by atoms with E-state index in [-0.39, 0.29) is 5.92 Å². The maximum Gasteiger partial charge on any atom is 0.227 e. The lowest BCUT2D eigenvalue weighted by Crippen LogP contribution is -1.97. The normalized spacial score (nSPS) is 12.2. The summed E-state index contributed by atoms with van der Waals surface area (Å²) in [5, 5.41) is 1.17. The molecule has 37 heavy (non-hydrogen) atoms. The van der Waals surface area contributed by atoms with Crippen molar-refractivity contribution in [1.29, 1.82) is 0 Å². The predicted molar refractivity (Wildman–Crippen MR) is 152 cm³/mol. The van der Waals surface area contributed by atoms with Crippen molar-refractivity contribution >= 4 is 33.0 Å². The predicted octanol–water partition coefficient (Wildman–Crippen LogP) is 8.96. The van der Waals surface area contributed by atoms with Crippen molar-refractivity contribution in [2.75, 3.05) is 0 Å². The minimum atomic E-state index is 0.230. The number of para-hydroxylation sites is 2. The quantitative estimate of drug-likeness (QED) is 0.263. The van der Waals surface area contributed by atoms with Gasteiger partial charge in [0.25, 0.3) is 0 Å². The van der Waals surface area contributed by atoms with Crippen LogP contribution in [0.4, 0.5) is 0 Å². The molecule has 0 aliphatic rings. The summed E-state index contributed by atoms with van der Waals surface area (Å²) in [6, 6.07) is 18.7. The van der Waals surface area contributed by atoms with Gasteiger partial charge in [-0.25, -0.2) is 9.97 Å². The number of aromatic nitrogens is 4. The number of H-pyrrole nitrogens is 1. The van der Waals surface area contributed by atoms with Gasteiger partial charge in [0.15, 0.2) is 5.58 Å². The number of nitrogens with one attached hydrogen (secondary N) is 1. The molecule has 6 rings (SSSR count). The Hall–Kier alpha value is -3.99. The summed E-state index contributed by atoms with van der Waals surface area (Å²) in [4.78, 5) is 18.5. The molecule has 0 aliphatic carbocycles. The summed E-state index contributed by atoms with van der Waals surface area (Å²) in [6.07, 6.45) is 1.96. The number of imidazole rings is 1. The van der Waals surface area contributed by atoms with E-state index in [2.05, 4.69) is 82.9 Å². The molecule has 0 amide bonds. The summed E-state index contributed by atoms with van der Waals surface area (Å²) in [5.41, 5.74) is 10.4. The Kier molecular flexibility index (Phi) is 5.59. The molecule has 0 radical (unpaired) electrons. The van der Waals surface area contributed by atoms with Gasteiger partial charge >= 0.3 is 0 Å².